The van der Waals surface area contributed by atoms with Crippen LogP contribution in [-0.4, -0.2) is 20.4 Å². The third-order valence-electron chi connectivity index (χ3n) is 1.14. The summed E-state index contributed by atoms with van der Waals surface area (Å²) in [7, 11) is 0. The number of nitrogens with zero attached hydrogens (tertiary/aromatic N) is 2. The van der Waals surface area contributed by atoms with Crippen molar-refractivity contribution in [3.8, 4) is 0 Å². The molecule has 1 aromatic heterocycles. The largest absolute Gasteiger partial charge is 0.386 e. The molecule has 1 atom stereocenters. The first-order chi connectivity index (χ1) is 5.25. The molecule has 0 spiro atoms. The van der Waals surface area contributed by atoms with Gasteiger partial charge in [0.1, 0.15) is 16.4 Å². The van der Waals surface area contributed by atoms with E-state index < -0.39 is 6.10 Å². The highest BCUT2D eigenvalue weighted by molar-refractivity contribution is 9.10. The summed E-state index contributed by atoms with van der Waals surface area (Å²) < 4.78 is 0.590. The van der Waals surface area contributed by atoms with E-state index in [1.807, 2.05) is 0 Å². The molecule has 0 aliphatic heterocycles. The van der Waals surface area contributed by atoms with Crippen LogP contribution in [0.1, 0.15) is 11.8 Å². The molecular formula is C6H6Br2N2O. The smallest absolute Gasteiger partial charge is 0.130 e. The minimum atomic E-state index is -0.599. The maximum atomic E-state index is 9.33. The van der Waals surface area contributed by atoms with Crippen molar-refractivity contribution in [2.24, 2.45) is 0 Å². The monoisotopic (exact) mass is 280 g/mol. The minimum absolute atomic E-state index is 0.463. The number of hydrogen-bond acceptors (Lipinski definition) is 3. The third kappa shape index (κ3) is 2.21. The van der Waals surface area contributed by atoms with Gasteiger partial charge in [0.25, 0.3) is 0 Å². The Hall–Kier alpha value is -0.0000000000000000555. The lowest BCUT2D eigenvalue weighted by molar-refractivity contribution is 0.199. The maximum absolute atomic E-state index is 9.33. The van der Waals surface area contributed by atoms with Crippen LogP contribution in [0.4, 0.5) is 0 Å². The highest BCUT2D eigenvalue weighted by atomic mass is 79.9. The number of aliphatic hydroxyl groups excluding tert-OH is 1. The molecule has 1 unspecified atom stereocenters. The van der Waals surface area contributed by atoms with E-state index in [0.717, 1.165) is 0 Å². The van der Waals surface area contributed by atoms with Gasteiger partial charge in [-0.1, -0.05) is 15.9 Å². The SMILES string of the molecule is OC(CBr)c1nccnc1Br. The summed E-state index contributed by atoms with van der Waals surface area (Å²) in [5.41, 5.74) is 0.560. The topological polar surface area (TPSA) is 46.0 Å². The van der Waals surface area contributed by atoms with E-state index in [9.17, 15) is 5.11 Å². The highest BCUT2D eigenvalue weighted by Crippen LogP contribution is 2.19. The zero-order valence-electron chi connectivity index (χ0n) is 5.54. The average molecular weight is 282 g/mol. The van der Waals surface area contributed by atoms with Gasteiger partial charge in [0.2, 0.25) is 0 Å². The van der Waals surface area contributed by atoms with Gasteiger partial charge < -0.3 is 5.11 Å². The molecule has 1 N–H and O–H groups in total. The molecule has 0 saturated heterocycles. The fraction of sp³-hybridized carbons (Fsp3) is 0.333. The molecule has 0 fully saturated rings. The van der Waals surface area contributed by atoms with Gasteiger partial charge in [0.05, 0.1) is 0 Å². The van der Waals surface area contributed by atoms with Gasteiger partial charge in [-0.15, -0.1) is 0 Å². The predicted octanol–water partition coefficient (Wildman–Crippen LogP) is 1.67. The lowest BCUT2D eigenvalue weighted by atomic mass is 10.3. The zero-order valence-corrected chi connectivity index (χ0v) is 8.71. The summed E-state index contributed by atoms with van der Waals surface area (Å²) in [5, 5.41) is 9.79. The molecule has 1 heterocycles. The Kier molecular flexibility index (Phi) is 3.42. The number of alkyl halides is 1. The second-order valence-electron chi connectivity index (χ2n) is 1.90. The molecule has 0 aliphatic carbocycles. The molecule has 3 nitrogen and oxygen atoms in total. The van der Waals surface area contributed by atoms with Gasteiger partial charge in [-0.3, -0.25) is 4.98 Å². The van der Waals surface area contributed by atoms with Gasteiger partial charge in [-0.05, 0) is 15.9 Å². The second-order valence-corrected chi connectivity index (χ2v) is 3.30. The van der Waals surface area contributed by atoms with Gasteiger partial charge >= 0.3 is 0 Å². The van der Waals surface area contributed by atoms with Crippen molar-refractivity contribution in [2.45, 2.75) is 6.10 Å². The van der Waals surface area contributed by atoms with Crippen LogP contribution in [-0.2, 0) is 0 Å². The van der Waals surface area contributed by atoms with Gasteiger partial charge in [0, 0.05) is 17.7 Å². The van der Waals surface area contributed by atoms with Crippen molar-refractivity contribution in [3.63, 3.8) is 0 Å². The summed E-state index contributed by atoms with van der Waals surface area (Å²) >= 11 is 6.33. The van der Waals surface area contributed by atoms with Crippen LogP contribution < -0.4 is 0 Å². The molecular weight excluding hydrogens is 276 g/mol. The normalized spacial score (nSPS) is 13.0. The quantitative estimate of drug-likeness (QED) is 0.839. The number of halogens is 2. The average Bonchev–Trinajstić information content (AvgIpc) is 2.04. The molecule has 0 amide bonds. The molecule has 0 radical (unpaired) electrons. The van der Waals surface area contributed by atoms with Gasteiger partial charge in [-0.2, -0.15) is 0 Å². The summed E-state index contributed by atoms with van der Waals surface area (Å²) in [6, 6.07) is 0. The van der Waals surface area contributed by atoms with Crippen molar-refractivity contribution in [2.75, 3.05) is 5.33 Å². The molecule has 0 aliphatic rings. The Labute approximate surface area is 81.1 Å². The predicted molar refractivity (Wildman–Crippen MR) is 48.5 cm³/mol. The van der Waals surface area contributed by atoms with Crippen molar-refractivity contribution < 1.29 is 5.11 Å². The Bertz CT molecular complexity index is 244. The minimum Gasteiger partial charge on any atom is -0.386 e. The van der Waals surface area contributed by atoms with E-state index in [1.165, 1.54) is 0 Å². The van der Waals surface area contributed by atoms with Crippen LogP contribution >= 0.6 is 31.9 Å². The van der Waals surface area contributed by atoms with Crippen LogP contribution in [0.25, 0.3) is 0 Å². The number of rotatable bonds is 2. The van der Waals surface area contributed by atoms with E-state index in [2.05, 4.69) is 41.8 Å². The first kappa shape index (κ1) is 9.09. The lowest BCUT2D eigenvalue weighted by Crippen LogP contribution is -2.03. The Balaban J connectivity index is 2.93. The van der Waals surface area contributed by atoms with Gasteiger partial charge in [0.15, 0.2) is 0 Å². The van der Waals surface area contributed by atoms with Gasteiger partial charge in [-0.25, -0.2) is 4.98 Å². The zero-order chi connectivity index (χ0) is 8.27. The molecule has 1 aromatic rings. The molecule has 5 heteroatoms. The summed E-state index contributed by atoms with van der Waals surface area (Å²) in [6.45, 7) is 0. The van der Waals surface area contributed by atoms with Crippen molar-refractivity contribution >= 4 is 31.9 Å². The molecule has 0 saturated carbocycles. The molecule has 0 aromatic carbocycles. The summed E-state index contributed by atoms with van der Waals surface area (Å²) in [5.74, 6) is 0. The standard InChI is InChI=1S/C6H6Br2N2O/c7-3-4(11)5-6(8)10-2-1-9-5/h1-2,4,11H,3H2. The number of hydrogen-bond donors (Lipinski definition) is 1. The maximum Gasteiger partial charge on any atom is 0.130 e. The second kappa shape index (κ2) is 4.13. The molecule has 1 rings (SSSR count). The molecule has 0 bridgehead atoms. The van der Waals surface area contributed by atoms with Crippen LogP contribution in [0.2, 0.25) is 0 Å². The van der Waals surface area contributed by atoms with Crippen LogP contribution in [0.3, 0.4) is 0 Å². The number of aliphatic hydroxyl groups is 1. The van der Waals surface area contributed by atoms with Crippen molar-refractivity contribution in [3.05, 3.63) is 22.7 Å². The molecule has 60 valence electrons. The highest BCUT2D eigenvalue weighted by Gasteiger charge is 2.10. The van der Waals surface area contributed by atoms with E-state index in [0.29, 0.717) is 15.6 Å². The first-order valence-electron chi connectivity index (χ1n) is 2.96. The molecule has 11 heavy (non-hydrogen) atoms. The van der Waals surface area contributed by atoms with Crippen molar-refractivity contribution in [1.29, 1.82) is 0 Å². The van der Waals surface area contributed by atoms with Crippen molar-refractivity contribution in [1.82, 2.24) is 9.97 Å². The van der Waals surface area contributed by atoms with E-state index in [4.69, 9.17) is 0 Å². The Morgan fingerprint density at radius 2 is 2.09 bits per heavy atom. The van der Waals surface area contributed by atoms with E-state index >= 15 is 0 Å². The third-order valence-corrected chi connectivity index (χ3v) is 2.37. The fourth-order valence-corrected chi connectivity index (χ4v) is 1.42. The van der Waals surface area contributed by atoms with Crippen LogP contribution in [0.5, 0.6) is 0 Å². The van der Waals surface area contributed by atoms with Crippen LogP contribution in [0.15, 0.2) is 17.0 Å². The first-order valence-corrected chi connectivity index (χ1v) is 4.87. The van der Waals surface area contributed by atoms with E-state index in [1.54, 1.807) is 12.4 Å². The van der Waals surface area contributed by atoms with E-state index in [-0.39, 0.29) is 0 Å². The Morgan fingerprint density at radius 3 is 2.64 bits per heavy atom. The fourth-order valence-electron chi connectivity index (χ4n) is 0.628. The number of aromatic nitrogens is 2. The lowest BCUT2D eigenvalue weighted by Gasteiger charge is -2.05. The Morgan fingerprint density at radius 1 is 1.45 bits per heavy atom. The summed E-state index contributed by atoms with van der Waals surface area (Å²) in [4.78, 5) is 7.88. The summed E-state index contributed by atoms with van der Waals surface area (Å²) in [6.07, 6.45) is 2.51. The van der Waals surface area contributed by atoms with Crippen LogP contribution in [0, 0.1) is 0 Å².